The zero-order valence-electron chi connectivity index (χ0n) is 12.1. The number of pyridine rings is 1. The Morgan fingerprint density at radius 3 is 2.91 bits per heavy atom. The van der Waals surface area contributed by atoms with Crippen molar-refractivity contribution >= 4 is 11.5 Å². The first-order valence-electron chi connectivity index (χ1n) is 6.95. The van der Waals surface area contributed by atoms with E-state index < -0.39 is 0 Å². The van der Waals surface area contributed by atoms with Gasteiger partial charge in [-0.3, -0.25) is 0 Å². The molecule has 0 bridgehead atoms. The van der Waals surface area contributed by atoms with Gasteiger partial charge in [0.15, 0.2) is 0 Å². The summed E-state index contributed by atoms with van der Waals surface area (Å²) in [7, 11) is 0. The van der Waals surface area contributed by atoms with Crippen LogP contribution in [-0.4, -0.2) is 30.7 Å². The number of hydrogen-bond donors (Lipinski definition) is 3. The lowest BCUT2D eigenvalue weighted by Gasteiger charge is -2.12. The predicted molar refractivity (Wildman–Crippen MR) is 81.9 cm³/mol. The fraction of sp³-hybridized carbons (Fsp3) is 0.200. The van der Waals surface area contributed by atoms with Crippen LogP contribution in [-0.2, 0) is 12.8 Å². The summed E-state index contributed by atoms with van der Waals surface area (Å²) in [4.78, 5) is 4.19. The zero-order valence-corrected chi connectivity index (χ0v) is 12.1. The van der Waals surface area contributed by atoms with Gasteiger partial charge in [0.1, 0.15) is 17.4 Å². The third kappa shape index (κ3) is 3.20. The maximum absolute atomic E-state index is 9.50. The Hall–Kier alpha value is -2.96. The van der Waals surface area contributed by atoms with E-state index in [4.69, 9.17) is 0 Å². The van der Waals surface area contributed by atoms with Crippen molar-refractivity contribution in [2.75, 3.05) is 5.32 Å². The highest BCUT2D eigenvalue weighted by atomic mass is 16.3. The standard InChI is InChI=1S/C15H16N6O/c1-10-11(5-6-14-18-20-21-19-14)3-2-4-13(10)17-15-9-12(22)7-8-16-15/h2-4,7-9H,5-6H2,1H3,(H2,16,17,22)(H,18,19,20,21). The lowest BCUT2D eigenvalue weighted by atomic mass is 10.0. The second-order valence-electron chi connectivity index (χ2n) is 4.96. The summed E-state index contributed by atoms with van der Waals surface area (Å²) in [6.45, 7) is 2.05. The third-order valence-corrected chi connectivity index (χ3v) is 3.47. The van der Waals surface area contributed by atoms with Gasteiger partial charge >= 0.3 is 0 Å². The summed E-state index contributed by atoms with van der Waals surface area (Å²) < 4.78 is 0. The summed E-state index contributed by atoms with van der Waals surface area (Å²) in [5, 5.41) is 26.5. The van der Waals surface area contributed by atoms with E-state index in [0.717, 1.165) is 29.9 Å². The Morgan fingerprint density at radius 1 is 1.23 bits per heavy atom. The van der Waals surface area contributed by atoms with Crippen molar-refractivity contribution < 1.29 is 5.11 Å². The predicted octanol–water partition coefficient (Wildman–Crippen LogP) is 2.14. The number of tetrazole rings is 1. The quantitative estimate of drug-likeness (QED) is 0.667. The molecule has 0 aliphatic rings. The van der Waals surface area contributed by atoms with Crippen molar-refractivity contribution in [3.8, 4) is 5.75 Å². The highest BCUT2D eigenvalue weighted by Gasteiger charge is 2.07. The van der Waals surface area contributed by atoms with Crippen LogP contribution in [0.1, 0.15) is 17.0 Å². The van der Waals surface area contributed by atoms with Gasteiger partial charge in [-0.2, -0.15) is 0 Å². The first kappa shape index (κ1) is 14.0. The molecular formula is C15H16N6O. The van der Waals surface area contributed by atoms with Crippen molar-refractivity contribution in [2.24, 2.45) is 0 Å². The van der Waals surface area contributed by atoms with E-state index in [1.807, 2.05) is 12.1 Å². The molecule has 3 rings (SSSR count). The fourth-order valence-corrected chi connectivity index (χ4v) is 2.25. The number of benzene rings is 1. The van der Waals surface area contributed by atoms with Crippen LogP contribution >= 0.6 is 0 Å². The molecule has 0 spiro atoms. The molecule has 0 amide bonds. The number of nitrogens with zero attached hydrogens (tertiary/aromatic N) is 4. The van der Waals surface area contributed by atoms with Crippen molar-refractivity contribution in [3.05, 3.63) is 53.5 Å². The van der Waals surface area contributed by atoms with E-state index in [9.17, 15) is 5.11 Å². The number of aromatic amines is 1. The SMILES string of the molecule is Cc1c(CCc2nnn[nH]2)cccc1Nc1cc(O)ccn1. The second-order valence-corrected chi connectivity index (χ2v) is 4.96. The normalized spacial score (nSPS) is 10.6. The number of aromatic nitrogens is 5. The summed E-state index contributed by atoms with van der Waals surface area (Å²) in [6.07, 6.45) is 3.15. The third-order valence-electron chi connectivity index (χ3n) is 3.47. The number of hydrogen-bond acceptors (Lipinski definition) is 6. The van der Waals surface area contributed by atoms with E-state index in [2.05, 4.69) is 43.9 Å². The largest absolute Gasteiger partial charge is 0.508 e. The molecule has 2 heterocycles. The number of aromatic hydroxyl groups is 1. The number of nitrogens with one attached hydrogen (secondary N) is 2. The topological polar surface area (TPSA) is 99.6 Å². The van der Waals surface area contributed by atoms with Crippen molar-refractivity contribution in [2.45, 2.75) is 19.8 Å². The molecule has 0 saturated heterocycles. The van der Waals surface area contributed by atoms with Crippen LogP contribution < -0.4 is 5.32 Å². The summed E-state index contributed by atoms with van der Waals surface area (Å²) in [6, 6.07) is 9.19. The number of H-pyrrole nitrogens is 1. The first-order chi connectivity index (χ1) is 10.7. The molecule has 0 unspecified atom stereocenters. The van der Waals surface area contributed by atoms with Gasteiger partial charge in [-0.05, 0) is 47.0 Å². The van der Waals surface area contributed by atoms with Gasteiger partial charge in [0, 0.05) is 24.4 Å². The minimum atomic E-state index is 0.184. The molecule has 7 heteroatoms. The monoisotopic (exact) mass is 296 g/mol. The zero-order chi connectivity index (χ0) is 15.4. The van der Waals surface area contributed by atoms with Crippen molar-refractivity contribution in [3.63, 3.8) is 0 Å². The Bertz CT molecular complexity index is 756. The average molecular weight is 296 g/mol. The molecule has 0 aliphatic carbocycles. The molecule has 0 radical (unpaired) electrons. The molecular weight excluding hydrogens is 280 g/mol. The molecule has 7 nitrogen and oxygen atoms in total. The molecule has 2 aromatic heterocycles. The Kier molecular flexibility index (Phi) is 3.95. The number of aryl methyl sites for hydroxylation is 2. The molecule has 3 N–H and O–H groups in total. The molecule has 0 aliphatic heterocycles. The lowest BCUT2D eigenvalue weighted by molar-refractivity contribution is 0.475. The van der Waals surface area contributed by atoms with Gasteiger partial charge < -0.3 is 10.4 Å². The first-order valence-corrected chi connectivity index (χ1v) is 6.95. The Labute approximate surface area is 127 Å². The van der Waals surface area contributed by atoms with Gasteiger partial charge in [0.2, 0.25) is 0 Å². The van der Waals surface area contributed by atoms with Gasteiger partial charge in [-0.15, -0.1) is 5.10 Å². The van der Waals surface area contributed by atoms with Gasteiger partial charge in [-0.1, -0.05) is 12.1 Å². The van der Waals surface area contributed by atoms with E-state index in [0.29, 0.717) is 5.82 Å². The molecule has 0 fully saturated rings. The van der Waals surface area contributed by atoms with Gasteiger partial charge in [-0.25, -0.2) is 10.1 Å². The second kappa shape index (κ2) is 6.21. The van der Waals surface area contributed by atoms with Crippen molar-refractivity contribution in [1.82, 2.24) is 25.6 Å². The maximum Gasteiger partial charge on any atom is 0.148 e. The summed E-state index contributed by atoms with van der Waals surface area (Å²) >= 11 is 0. The summed E-state index contributed by atoms with van der Waals surface area (Å²) in [5.74, 6) is 1.57. The summed E-state index contributed by atoms with van der Waals surface area (Å²) in [5.41, 5.74) is 3.31. The minimum absolute atomic E-state index is 0.184. The van der Waals surface area contributed by atoms with Crippen LogP contribution in [0.5, 0.6) is 5.75 Å². The van der Waals surface area contributed by atoms with Crippen LogP contribution in [0.15, 0.2) is 36.5 Å². The highest BCUT2D eigenvalue weighted by molar-refractivity contribution is 5.62. The van der Waals surface area contributed by atoms with E-state index in [-0.39, 0.29) is 5.75 Å². The van der Waals surface area contributed by atoms with E-state index in [1.54, 1.807) is 18.3 Å². The van der Waals surface area contributed by atoms with E-state index >= 15 is 0 Å². The smallest absolute Gasteiger partial charge is 0.148 e. The number of anilines is 2. The maximum atomic E-state index is 9.50. The molecule has 112 valence electrons. The number of rotatable bonds is 5. The van der Waals surface area contributed by atoms with Gasteiger partial charge in [0.05, 0.1) is 0 Å². The molecule has 3 aromatic rings. The minimum Gasteiger partial charge on any atom is -0.508 e. The molecule has 1 aromatic carbocycles. The van der Waals surface area contributed by atoms with Crippen LogP contribution in [0.4, 0.5) is 11.5 Å². The molecule has 0 saturated carbocycles. The van der Waals surface area contributed by atoms with E-state index in [1.165, 1.54) is 5.56 Å². The Balaban J connectivity index is 1.76. The lowest BCUT2D eigenvalue weighted by Crippen LogP contribution is -2.00. The average Bonchev–Trinajstić information content (AvgIpc) is 3.02. The fourth-order valence-electron chi connectivity index (χ4n) is 2.25. The highest BCUT2D eigenvalue weighted by Crippen LogP contribution is 2.24. The molecule has 0 atom stereocenters. The Morgan fingerprint density at radius 2 is 2.14 bits per heavy atom. The van der Waals surface area contributed by atoms with Crippen LogP contribution in [0.3, 0.4) is 0 Å². The van der Waals surface area contributed by atoms with Crippen molar-refractivity contribution in [1.29, 1.82) is 0 Å². The van der Waals surface area contributed by atoms with Crippen LogP contribution in [0, 0.1) is 6.92 Å². The van der Waals surface area contributed by atoms with Crippen LogP contribution in [0.2, 0.25) is 0 Å². The van der Waals surface area contributed by atoms with Gasteiger partial charge in [0.25, 0.3) is 0 Å². The molecule has 22 heavy (non-hydrogen) atoms. The van der Waals surface area contributed by atoms with Crippen LogP contribution in [0.25, 0.3) is 0 Å².